The fourth-order valence-corrected chi connectivity index (χ4v) is 2.99. The van der Waals surface area contributed by atoms with Crippen molar-refractivity contribution in [2.75, 3.05) is 13.2 Å². The van der Waals surface area contributed by atoms with Gasteiger partial charge >= 0.3 is 0 Å². The molecule has 0 aromatic rings. The van der Waals surface area contributed by atoms with E-state index in [1.165, 1.54) is 57.8 Å². The van der Waals surface area contributed by atoms with Crippen molar-refractivity contribution in [1.29, 1.82) is 0 Å². The summed E-state index contributed by atoms with van der Waals surface area (Å²) in [5.74, 6) is -0.240. The second kappa shape index (κ2) is 11.6. The first-order valence-corrected chi connectivity index (χ1v) is 9.11. The van der Waals surface area contributed by atoms with Gasteiger partial charge in [0.25, 0.3) is 0 Å². The molecule has 0 N–H and O–H groups in total. The maximum atomic E-state index is 6.16. The lowest BCUT2D eigenvalue weighted by atomic mass is 9.99. The van der Waals surface area contributed by atoms with Gasteiger partial charge in [0.2, 0.25) is 0 Å². The van der Waals surface area contributed by atoms with Crippen LogP contribution in [-0.4, -0.2) is 19.0 Å². The van der Waals surface area contributed by atoms with Gasteiger partial charge in [-0.15, -0.1) is 0 Å². The normalized spacial score (nSPS) is 18.9. The summed E-state index contributed by atoms with van der Waals surface area (Å²) in [4.78, 5) is 0. The molecule has 1 fully saturated rings. The molecule has 2 heteroatoms. The molecule has 0 amide bonds. The standard InChI is InChI=1S/C18H36O2/c1-3-5-7-9-11-15-18(14-10-8-6-4-2)19-16-12-13-17-20-18/h3-17H2,1-2H3. The summed E-state index contributed by atoms with van der Waals surface area (Å²) in [5.41, 5.74) is 0. The monoisotopic (exact) mass is 284 g/mol. The SMILES string of the molecule is CCCCCCCC1(CCCCCC)OCCCCO1. The third-order valence-corrected chi connectivity index (χ3v) is 4.34. The average molecular weight is 284 g/mol. The molecule has 0 saturated carbocycles. The molecule has 2 nitrogen and oxygen atoms in total. The fourth-order valence-electron chi connectivity index (χ4n) is 2.99. The molecule has 0 aliphatic carbocycles. The van der Waals surface area contributed by atoms with E-state index in [2.05, 4.69) is 13.8 Å². The Morgan fingerprint density at radius 1 is 0.650 bits per heavy atom. The Hall–Kier alpha value is -0.0800. The highest BCUT2D eigenvalue weighted by Crippen LogP contribution is 2.30. The molecule has 20 heavy (non-hydrogen) atoms. The zero-order valence-electron chi connectivity index (χ0n) is 13.9. The van der Waals surface area contributed by atoms with Gasteiger partial charge in [-0.25, -0.2) is 0 Å². The first-order valence-electron chi connectivity index (χ1n) is 9.11. The van der Waals surface area contributed by atoms with Crippen molar-refractivity contribution in [3.63, 3.8) is 0 Å². The van der Waals surface area contributed by atoms with Crippen LogP contribution in [0.1, 0.15) is 97.3 Å². The molecule has 0 radical (unpaired) electrons. The Morgan fingerprint density at radius 3 is 1.60 bits per heavy atom. The average Bonchev–Trinajstić information content (AvgIpc) is 2.70. The molecule has 0 aromatic carbocycles. The molecular weight excluding hydrogens is 248 g/mol. The maximum absolute atomic E-state index is 6.16. The highest BCUT2D eigenvalue weighted by molar-refractivity contribution is 4.73. The van der Waals surface area contributed by atoms with Crippen LogP contribution < -0.4 is 0 Å². The molecule has 1 rings (SSSR count). The van der Waals surface area contributed by atoms with Crippen LogP contribution in [0.25, 0.3) is 0 Å². The molecule has 1 heterocycles. The molecule has 1 aliphatic rings. The lowest BCUT2D eigenvalue weighted by Gasteiger charge is -2.32. The highest BCUT2D eigenvalue weighted by atomic mass is 16.7. The number of hydrogen-bond donors (Lipinski definition) is 0. The van der Waals surface area contributed by atoms with Crippen molar-refractivity contribution >= 4 is 0 Å². The van der Waals surface area contributed by atoms with Crippen LogP contribution in [0.2, 0.25) is 0 Å². The van der Waals surface area contributed by atoms with Gasteiger partial charge < -0.3 is 9.47 Å². The second-order valence-electron chi connectivity index (χ2n) is 6.29. The molecule has 0 bridgehead atoms. The minimum absolute atomic E-state index is 0.240. The van der Waals surface area contributed by atoms with Crippen LogP contribution in [0, 0.1) is 0 Å². The fraction of sp³-hybridized carbons (Fsp3) is 1.00. The maximum Gasteiger partial charge on any atom is 0.168 e. The minimum Gasteiger partial charge on any atom is -0.350 e. The van der Waals surface area contributed by atoms with Gasteiger partial charge in [0.15, 0.2) is 5.79 Å². The van der Waals surface area contributed by atoms with Gasteiger partial charge in [-0.05, 0) is 25.7 Å². The van der Waals surface area contributed by atoms with Gasteiger partial charge in [-0.2, -0.15) is 0 Å². The minimum atomic E-state index is -0.240. The Kier molecular flexibility index (Phi) is 10.4. The van der Waals surface area contributed by atoms with Crippen LogP contribution in [0.3, 0.4) is 0 Å². The van der Waals surface area contributed by atoms with E-state index in [1.54, 1.807) is 0 Å². The van der Waals surface area contributed by atoms with Crippen molar-refractivity contribution in [3.05, 3.63) is 0 Å². The van der Waals surface area contributed by atoms with Crippen molar-refractivity contribution < 1.29 is 9.47 Å². The molecule has 120 valence electrons. The zero-order chi connectivity index (χ0) is 14.5. The van der Waals surface area contributed by atoms with E-state index in [1.807, 2.05) is 0 Å². The van der Waals surface area contributed by atoms with Crippen molar-refractivity contribution in [3.8, 4) is 0 Å². The first-order chi connectivity index (χ1) is 9.83. The van der Waals surface area contributed by atoms with Crippen LogP contribution in [0.15, 0.2) is 0 Å². The summed E-state index contributed by atoms with van der Waals surface area (Å²) >= 11 is 0. The quantitative estimate of drug-likeness (QED) is 0.444. The molecule has 1 saturated heterocycles. The van der Waals surface area contributed by atoms with Gasteiger partial charge in [-0.1, -0.05) is 58.8 Å². The molecule has 0 aromatic heterocycles. The van der Waals surface area contributed by atoms with E-state index in [0.29, 0.717) is 0 Å². The molecule has 0 unspecified atom stereocenters. The Morgan fingerprint density at radius 2 is 1.10 bits per heavy atom. The highest BCUT2D eigenvalue weighted by Gasteiger charge is 2.32. The lowest BCUT2D eigenvalue weighted by molar-refractivity contribution is -0.234. The van der Waals surface area contributed by atoms with E-state index in [-0.39, 0.29) is 5.79 Å². The van der Waals surface area contributed by atoms with Crippen LogP contribution in [0.4, 0.5) is 0 Å². The molecule has 1 aliphatic heterocycles. The van der Waals surface area contributed by atoms with Crippen LogP contribution in [-0.2, 0) is 9.47 Å². The number of unbranched alkanes of at least 4 members (excludes halogenated alkanes) is 7. The Bertz CT molecular complexity index is 207. The van der Waals surface area contributed by atoms with Gasteiger partial charge in [0, 0.05) is 12.8 Å². The zero-order valence-corrected chi connectivity index (χ0v) is 13.9. The second-order valence-corrected chi connectivity index (χ2v) is 6.29. The predicted octanol–water partition coefficient (Wildman–Crippen LogP) is 5.84. The number of rotatable bonds is 11. The van der Waals surface area contributed by atoms with Gasteiger partial charge in [0.05, 0.1) is 13.2 Å². The molecule has 0 atom stereocenters. The van der Waals surface area contributed by atoms with Crippen LogP contribution >= 0.6 is 0 Å². The van der Waals surface area contributed by atoms with Crippen molar-refractivity contribution in [2.24, 2.45) is 0 Å². The van der Waals surface area contributed by atoms with E-state index >= 15 is 0 Å². The first kappa shape index (κ1) is 18.0. The predicted molar refractivity (Wildman–Crippen MR) is 86.0 cm³/mol. The summed E-state index contributed by atoms with van der Waals surface area (Å²) in [6.07, 6.45) is 16.4. The third-order valence-electron chi connectivity index (χ3n) is 4.34. The summed E-state index contributed by atoms with van der Waals surface area (Å²) in [5, 5.41) is 0. The summed E-state index contributed by atoms with van der Waals surface area (Å²) in [7, 11) is 0. The Balaban J connectivity index is 2.32. The van der Waals surface area contributed by atoms with E-state index in [4.69, 9.17) is 9.47 Å². The van der Waals surface area contributed by atoms with E-state index in [0.717, 1.165) is 38.9 Å². The largest absolute Gasteiger partial charge is 0.350 e. The van der Waals surface area contributed by atoms with Gasteiger partial charge in [-0.3, -0.25) is 0 Å². The smallest absolute Gasteiger partial charge is 0.168 e. The summed E-state index contributed by atoms with van der Waals surface area (Å²) in [6, 6.07) is 0. The topological polar surface area (TPSA) is 18.5 Å². The third kappa shape index (κ3) is 7.64. The van der Waals surface area contributed by atoms with E-state index < -0.39 is 0 Å². The Labute approximate surface area is 126 Å². The molecular formula is C18H36O2. The van der Waals surface area contributed by atoms with Crippen molar-refractivity contribution in [2.45, 2.75) is 103 Å². The van der Waals surface area contributed by atoms with E-state index in [9.17, 15) is 0 Å². The van der Waals surface area contributed by atoms with Gasteiger partial charge in [0.1, 0.15) is 0 Å². The van der Waals surface area contributed by atoms with Crippen LogP contribution in [0.5, 0.6) is 0 Å². The number of ether oxygens (including phenoxy) is 2. The number of hydrogen-bond acceptors (Lipinski definition) is 2. The molecule has 0 spiro atoms. The lowest BCUT2D eigenvalue weighted by Crippen LogP contribution is -2.35. The summed E-state index contributed by atoms with van der Waals surface area (Å²) < 4.78 is 12.3. The van der Waals surface area contributed by atoms with Crippen molar-refractivity contribution in [1.82, 2.24) is 0 Å². The summed E-state index contributed by atoms with van der Waals surface area (Å²) in [6.45, 7) is 6.32.